The topological polar surface area (TPSA) is 84.0 Å². The van der Waals surface area contributed by atoms with Crippen molar-refractivity contribution < 1.29 is 9.53 Å². The number of carbonyl (C=O) groups excluding carboxylic acids is 1. The summed E-state index contributed by atoms with van der Waals surface area (Å²) in [6, 6.07) is 14.8. The summed E-state index contributed by atoms with van der Waals surface area (Å²) >= 11 is 12.7. The van der Waals surface area contributed by atoms with Gasteiger partial charge >= 0.3 is 0 Å². The third-order valence-corrected chi connectivity index (χ3v) is 9.93. The van der Waals surface area contributed by atoms with Crippen molar-refractivity contribution in [3.8, 4) is 6.07 Å². The maximum atomic E-state index is 14.2. The van der Waals surface area contributed by atoms with Gasteiger partial charge in [0.2, 0.25) is 0 Å². The van der Waals surface area contributed by atoms with Gasteiger partial charge in [-0.25, -0.2) is 4.68 Å². The van der Waals surface area contributed by atoms with Crippen LogP contribution in [-0.2, 0) is 22.4 Å². The van der Waals surface area contributed by atoms with Crippen LogP contribution in [0.1, 0.15) is 112 Å². The fourth-order valence-corrected chi connectivity index (χ4v) is 7.71. The van der Waals surface area contributed by atoms with Crippen LogP contribution in [0, 0.1) is 11.3 Å². The first kappa shape index (κ1) is 34.0. The van der Waals surface area contributed by atoms with Crippen molar-refractivity contribution in [2.75, 3.05) is 13.7 Å². The van der Waals surface area contributed by atoms with Gasteiger partial charge in [-0.05, 0) is 54.3 Å². The lowest BCUT2D eigenvalue weighted by Crippen LogP contribution is -2.45. The molecule has 9 heteroatoms. The minimum Gasteiger partial charge on any atom is -0.498 e. The van der Waals surface area contributed by atoms with Crippen LogP contribution in [0.4, 0.5) is 0 Å². The maximum absolute atomic E-state index is 14.2. The first-order valence-corrected chi connectivity index (χ1v) is 17.6. The highest BCUT2D eigenvalue weighted by molar-refractivity contribution is 6.35. The van der Waals surface area contributed by atoms with E-state index < -0.39 is 5.54 Å². The molecular formula is C37H45Cl2N5O2. The largest absolute Gasteiger partial charge is 0.498 e. The van der Waals surface area contributed by atoms with E-state index >= 15 is 0 Å². The second-order valence-corrected chi connectivity index (χ2v) is 13.7. The van der Waals surface area contributed by atoms with Crippen molar-refractivity contribution in [2.24, 2.45) is 0 Å². The molecule has 2 atom stereocenters. The molecular weight excluding hydrogens is 617 g/mol. The molecule has 0 aliphatic carbocycles. The first-order valence-electron chi connectivity index (χ1n) is 16.9. The zero-order valence-corrected chi connectivity index (χ0v) is 28.6. The average Bonchev–Trinajstić information content (AvgIpc) is 3.72. The molecule has 5 rings (SSSR count). The summed E-state index contributed by atoms with van der Waals surface area (Å²) in [6.07, 6.45) is 18.5. The van der Waals surface area contributed by atoms with Crippen molar-refractivity contribution in [2.45, 2.75) is 108 Å². The number of ether oxygens (including phenoxy) is 1. The Balaban J connectivity index is 1.28. The number of unbranched alkanes of at least 4 members (excludes halogenated alkanes) is 10. The molecule has 0 bridgehead atoms. The van der Waals surface area contributed by atoms with Crippen LogP contribution in [0.25, 0.3) is 5.57 Å². The number of nitrogens with zero attached hydrogens (tertiary/aromatic N) is 5. The zero-order chi connectivity index (χ0) is 32.5. The molecule has 0 unspecified atom stereocenters. The molecule has 2 aromatic carbocycles. The van der Waals surface area contributed by atoms with E-state index in [4.69, 9.17) is 27.9 Å². The standard InChI is InChI=1S/C37H45Cl2N5O2/c1-3-4-5-6-7-8-9-10-11-12-13-14-32-25-44(42-41-32)33-23-37(22-27-15-17-28(24-40)18-16-27)35(46-2)34(36(45)43(37)26-33)29-19-30(38)21-31(39)20-29/h15-21,25,33H,3-14,22-23,26H2,1-2H3/t33-,37-/m0/s1. The zero-order valence-electron chi connectivity index (χ0n) is 27.1. The smallest absolute Gasteiger partial charge is 0.258 e. The normalized spacial score (nSPS) is 19.2. The quantitative estimate of drug-likeness (QED) is 0.135. The van der Waals surface area contributed by atoms with E-state index in [1.165, 1.54) is 64.2 Å². The minimum absolute atomic E-state index is 0.0597. The lowest BCUT2D eigenvalue weighted by molar-refractivity contribution is -0.126. The number of halogens is 2. The SMILES string of the molecule is CCCCCCCCCCCCCc1cn([C@@H]2CN3C(=O)C(c4cc(Cl)cc(Cl)c4)=C(OC)[C@]3(Cc3ccc(C#N)cc3)C2)nn1. The number of amides is 1. The van der Waals surface area contributed by atoms with Crippen molar-refractivity contribution in [3.63, 3.8) is 0 Å². The van der Waals surface area contributed by atoms with E-state index in [2.05, 4.69) is 29.5 Å². The Kier molecular flexibility index (Phi) is 11.8. The second-order valence-electron chi connectivity index (χ2n) is 12.8. The van der Waals surface area contributed by atoms with Gasteiger partial charge in [-0.3, -0.25) is 4.79 Å². The molecule has 3 aromatic rings. The van der Waals surface area contributed by atoms with Gasteiger partial charge < -0.3 is 9.64 Å². The van der Waals surface area contributed by atoms with E-state index in [0.717, 1.165) is 24.1 Å². The predicted octanol–water partition coefficient (Wildman–Crippen LogP) is 9.14. The third kappa shape index (κ3) is 7.78. The van der Waals surface area contributed by atoms with Crippen molar-refractivity contribution in [1.29, 1.82) is 5.26 Å². The van der Waals surface area contributed by atoms with Gasteiger partial charge in [0.05, 0.1) is 36.1 Å². The number of benzene rings is 2. The summed E-state index contributed by atoms with van der Waals surface area (Å²) in [7, 11) is 1.62. The average molecular weight is 663 g/mol. The highest BCUT2D eigenvalue weighted by atomic mass is 35.5. The summed E-state index contributed by atoms with van der Waals surface area (Å²) in [5.41, 5.74) is 2.97. The summed E-state index contributed by atoms with van der Waals surface area (Å²) in [5, 5.41) is 19.3. The molecule has 1 saturated heterocycles. The van der Waals surface area contributed by atoms with Crippen LogP contribution in [0.3, 0.4) is 0 Å². The van der Waals surface area contributed by atoms with Crippen molar-refractivity contribution >= 4 is 34.7 Å². The molecule has 1 fully saturated rings. The highest BCUT2D eigenvalue weighted by Crippen LogP contribution is 2.51. The van der Waals surface area contributed by atoms with Gasteiger partial charge in [0.1, 0.15) is 11.3 Å². The maximum Gasteiger partial charge on any atom is 0.258 e. The Labute approximate surface area is 283 Å². The second kappa shape index (κ2) is 16.0. The Morgan fingerprint density at radius 1 is 0.957 bits per heavy atom. The van der Waals surface area contributed by atoms with Gasteiger partial charge in [-0.15, -0.1) is 5.10 Å². The molecule has 2 aliphatic rings. The molecule has 3 heterocycles. The lowest BCUT2D eigenvalue weighted by Gasteiger charge is -2.34. The molecule has 244 valence electrons. The Hall–Kier alpha value is -3.34. The molecule has 0 radical (unpaired) electrons. The van der Waals surface area contributed by atoms with Gasteiger partial charge in [0, 0.05) is 35.6 Å². The van der Waals surface area contributed by atoms with E-state index in [9.17, 15) is 10.1 Å². The van der Waals surface area contributed by atoms with Crippen LogP contribution >= 0.6 is 23.2 Å². The Bertz CT molecular complexity index is 1540. The molecule has 0 N–H and O–H groups in total. The highest BCUT2D eigenvalue weighted by Gasteiger charge is 2.59. The number of aromatic nitrogens is 3. The number of fused-ring (bicyclic) bond motifs is 1. The van der Waals surface area contributed by atoms with Crippen LogP contribution in [0.15, 0.2) is 54.4 Å². The lowest BCUT2D eigenvalue weighted by atomic mass is 9.85. The molecule has 0 saturated carbocycles. The predicted molar refractivity (Wildman–Crippen MR) is 184 cm³/mol. The summed E-state index contributed by atoms with van der Waals surface area (Å²) in [4.78, 5) is 16.1. The number of carbonyl (C=O) groups is 1. The molecule has 7 nitrogen and oxygen atoms in total. The van der Waals surface area contributed by atoms with E-state index in [1.54, 1.807) is 25.3 Å². The van der Waals surface area contributed by atoms with Crippen LogP contribution in [-0.4, -0.2) is 45.0 Å². The van der Waals surface area contributed by atoms with Gasteiger partial charge in [0.15, 0.2) is 0 Å². The molecule has 2 aliphatic heterocycles. The summed E-state index contributed by atoms with van der Waals surface area (Å²) in [6.45, 7) is 2.74. The van der Waals surface area contributed by atoms with E-state index in [1.807, 2.05) is 33.8 Å². The minimum atomic E-state index is -0.739. The molecule has 1 amide bonds. The molecule has 46 heavy (non-hydrogen) atoms. The number of hydrogen-bond acceptors (Lipinski definition) is 5. The Morgan fingerprint density at radius 3 is 2.20 bits per heavy atom. The number of rotatable bonds is 17. The first-order chi connectivity index (χ1) is 22.4. The van der Waals surface area contributed by atoms with Crippen molar-refractivity contribution in [1.82, 2.24) is 19.9 Å². The van der Waals surface area contributed by atoms with Crippen molar-refractivity contribution in [3.05, 3.63) is 86.9 Å². The monoisotopic (exact) mass is 661 g/mol. The van der Waals surface area contributed by atoms with E-state index in [-0.39, 0.29) is 11.9 Å². The number of methoxy groups -OCH3 is 1. The number of aryl methyl sites for hydroxylation is 1. The van der Waals surface area contributed by atoms with Crippen LogP contribution in [0.5, 0.6) is 0 Å². The van der Waals surface area contributed by atoms with Gasteiger partial charge in [0.25, 0.3) is 5.91 Å². The van der Waals surface area contributed by atoms with Gasteiger partial charge in [-0.1, -0.05) is 112 Å². The molecule has 0 spiro atoms. The summed E-state index contributed by atoms with van der Waals surface area (Å²) < 4.78 is 8.04. The molecule has 1 aromatic heterocycles. The number of nitriles is 1. The fraction of sp³-hybridized carbons (Fsp3) is 0.514. The van der Waals surface area contributed by atoms with Crippen LogP contribution in [0.2, 0.25) is 10.0 Å². The fourth-order valence-electron chi connectivity index (χ4n) is 7.19. The van der Waals surface area contributed by atoms with Gasteiger partial charge in [-0.2, -0.15) is 5.26 Å². The third-order valence-electron chi connectivity index (χ3n) is 9.50. The number of hydrogen-bond donors (Lipinski definition) is 0. The van der Waals surface area contributed by atoms with Crippen LogP contribution < -0.4 is 0 Å². The van der Waals surface area contributed by atoms with E-state index in [0.29, 0.717) is 51.9 Å². The Morgan fingerprint density at radius 2 is 1.59 bits per heavy atom. The summed E-state index contributed by atoms with van der Waals surface area (Å²) in [5.74, 6) is 0.483.